The van der Waals surface area contributed by atoms with Gasteiger partial charge in [0.1, 0.15) is 0 Å². The van der Waals surface area contributed by atoms with E-state index >= 15 is 0 Å². The number of halogens is 1. The van der Waals surface area contributed by atoms with E-state index in [2.05, 4.69) is 21.4 Å². The van der Waals surface area contributed by atoms with Crippen LogP contribution in [0.25, 0.3) is 11.3 Å². The largest absolute Gasteiger partial charge is 0.273 e. The van der Waals surface area contributed by atoms with E-state index in [1.165, 1.54) is 11.3 Å². The highest BCUT2D eigenvalue weighted by Crippen LogP contribution is 2.24. The van der Waals surface area contributed by atoms with E-state index in [0.717, 1.165) is 21.3 Å². The first-order valence-electron chi connectivity index (χ1n) is 6.94. The van der Waals surface area contributed by atoms with Crippen LogP contribution in [0.15, 0.2) is 64.5 Å². The van der Waals surface area contributed by atoms with Gasteiger partial charge in [0.05, 0.1) is 12.1 Å². The summed E-state index contributed by atoms with van der Waals surface area (Å²) >= 11 is 10.2. The van der Waals surface area contributed by atoms with Gasteiger partial charge in [-0.2, -0.15) is 0 Å². The third-order valence-corrected chi connectivity index (χ3v) is 5.00. The lowest BCUT2D eigenvalue weighted by molar-refractivity contribution is -0.116. The first-order chi connectivity index (χ1) is 11.1. The average molecular weight is 405 g/mol. The molecule has 0 unspecified atom stereocenters. The van der Waals surface area contributed by atoms with Crippen LogP contribution in [0.5, 0.6) is 0 Å². The van der Waals surface area contributed by atoms with Crippen molar-refractivity contribution in [3.63, 3.8) is 0 Å². The minimum atomic E-state index is -0.0935. The van der Waals surface area contributed by atoms with Crippen LogP contribution in [0.3, 0.4) is 0 Å². The van der Waals surface area contributed by atoms with Crippen LogP contribution in [0, 0.1) is 3.95 Å². The van der Waals surface area contributed by atoms with Crippen LogP contribution in [-0.2, 0) is 11.2 Å². The monoisotopic (exact) mass is 404 g/mol. The number of benzene rings is 2. The van der Waals surface area contributed by atoms with Crippen LogP contribution in [-0.4, -0.2) is 10.6 Å². The van der Waals surface area contributed by atoms with Gasteiger partial charge in [-0.3, -0.25) is 10.2 Å². The summed E-state index contributed by atoms with van der Waals surface area (Å²) < 4.78 is 3.30. The number of hydrogen-bond donors (Lipinski definition) is 1. The Morgan fingerprint density at radius 3 is 2.52 bits per heavy atom. The van der Waals surface area contributed by atoms with Gasteiger partial charge in [0.2, 0.25) is 5.91 Å². The molecule has 0 aliphatic rings. The second-order valence-electron chi connectivity index (χ2n) is 4.93. The van der Waals surface area contributed by atoms with Crippen molar-refractivity contribution in [1.29, 1.82) is 0 Å². The lowest BCUT2D eigenvalue weighted by atomic mass is 10.1. The first kappa shape index (κ1) is 16.1. The summed E-state index contributed by atoms with van der Waals surface area (Å²) in [6.45, 7) is 0. The Morgan fingerprint density at radius 2 is 1.83 bits per heavy atom. The van der Waals surface area contributed by atoms with Crippen molar-refractivity contribution in [2.24, 2.45) is 0 Å². The molecule has 6 heteroatoms. The highest BCUT2D eigenvalue weighted by atomic mass is 79.9. The van der Waals surface area contributed by atoms with Crippen molar-refractivity contribution < 1.29 is 4.79 Å². The minimum Gasteiger partial charge on any atom is -0.273 e. The van der Waals surface area contributed by atoms with Gasteiger partial charge in [-0.15, -0.1) is 11.3 Å². The van der Waals surface area contributed by atoms with Crippen LogP contribution in [0.1, 0.15) is 5.56 Å². The SMILES string of the molecule is O=C(Cc1ccccc1)Nn1c(-c2ccc(Br)cc2)csc1=S. The van der Waals surface area contributed by atoms with Crippen molar-refractivity contribution in [1.82, 2.24) is 4.68 Å². The molecular formula is C17H13BrN2OS2. The number of amides is 1. The predicted octanol–water partition coefficient (Wildman–Crippen LogP) is 5.02. The summed E-state index contributed by atoms with van der Waals surface area (Å²) in [6.07, 6.45) is 0.318. The molecule has 3 aromatic rings. The van der Waals surface area contributed by atoms with Gasteiger partial charge in [-0.25, -0.2) is 4.68 Å². The summed E-state index contributed by atoms with van der Waals surface area (Å²) in [5.74, 6) is -0.0935. The first-order valence-corrected chi connectivity index (χ1v) is 9.02. The Kier molecular flexibility index (Phi) is 5.05. The summed E-state index contributed by atoms with van der Waals surface area (Å²) in [5, 5.41) is 1.95. The van der Waals surface area contributed by atoms with Crippen molar-refractivity contribution in [2.75, 3.05) is 5.43 Å². The number of nitrogens with zero attached hydrogens (tertiary/aromatic N) is 1. The Morgan fingerprint density at radius 1 is 1.13 bits per heavy atom. The number of aromatic nitrogens is 1. The number of thiazole rings is 1. The van der Waals surface area contributed by atoms with Gasteiger partial charge in [0.25, 0.3) is 0 Å². The van der Waals surface area contributed by atoms with Crippen LogP contribution >= 0.6 is 39.5 Å². The van der Waals surface area contributed by atoms with Crippen molar-refractivity contribution in [2.45, 2.75) is 6.42 Å². The van der Waals surface area contributed by atoms with E-state index in [-0.39, 0.29) is 5.91 Å². The molecule has 116 valence electrons. The number of nitrogens with one attached hydrogen (secondary N) is 1. The maximum Gasteiger partial charge on any atom is 0.243 e. The Labute approximate surface area is 151 Å². The highest BCUT2D eigenvalue weighted by Gasteiger charge is 2.10. The summed E-state index contributed by atoms with van der Waals surface area (Å²) in [6, 6.07) is 17.5. The smallest absolute Gasteiger partial charge is 0.243 e. The maximum atomic E-state index is 12.3. The highest BCUT2D eigenvalue weighted by molar-refractivity contribution is 9.10. The van der Waals surface area contributed by atoms with Gasteiger partial charge < -0.3 is 0 Å². The van der Waals surface area contributed by atoms with Gasteiger partial charge in [0.15, 0.2) is 3.95 Å². The number of rotatable bonds is 4. The molecule has 1 heterocycles. The number of carbonyl (C=O) groups is 1. The zero-order valence-corrected chi connectivity index (χ0v) is 15.2. The van der Waals surface area contributed by atoms with Gasteiger partial charge >= 0.3 is 0 Å². The van der Waals surface area contributed by atoms with Gasteiger partial charge in [-0.05, 0) is 29.9 Å². The second kappa shape index (κ2) is 7.21. The minimum absolute atomic E-state index is 0.0935. The van der Waals surface area contributed by atoms with Crippen molar-refractivity contribution in [3.8, 4) is 11.3 Å². The quantitative estimate of drug-likeness (QED) is 0.619. The molecule has 2 aromatic carbocycles. The molecule has 0 fully saturated rings. The lowest BCUT2D eigenvalue weighted by Gasteiger charge is -2.11. The van der Waals surface area contributed by atoms with E-state index in [9.17, 15) is 4.79 Å². The van der Waals surface area contributed by atoms with Crippen LogP contribution < -0.4 is 5.43 Å². The zero-order valence-electron chi connectivity index (χ0n) is 12.0. The van der Waals surface area contributed by atoms with E-state index in [0.29, 0.717) is 10.4 Å². The molecule has 23 heavy (non-hydrogen) atoms. The molecule has 1 amide bonds. The predicted molar refractivity (Wildman–Crippen MR) is 101 cm³/mol. The molecule has 0 aliphatic carbocycles. The fourth-order valence-electron chi connectivity index (χ4n) is 2.18. The van der Waals surface area contributed by atoms with Gasteiger partial charge in [0, 0.05) is 15.4 Å². The fraction of sp³-hybridized carbons (Fsp3) is 0.0588. The van der Waals surface area contributed by atoms with E-state index in [1.54, 1.807) is 4.68 Å². The molecule has 0 atom stereocenters. The summed E-state index contributed by atoms with van der Waals surface area (Å²) in [7, 11) is 0. The van der Waals surface area contributed by atoms with E-state index in [4.69, 9.17) is 12.2 Å². The van der Waals surface area contributed by atoms with E-state index in [1.807, 2.05) is 60.0 Å². The molecule has 1 aromatic heterocycles. The van der Waals surface area contributed by atoms with Crippen LogP contribution in [0.4, 0.5) is 0 Å². The fourth-order valence-corrected chi connectivity index (χ4v) is 3.44. The van der Waals surface area contributed by atoms with E-state index < -0.39 is 0 Å². The standard InChI is InChI=1S/C17H13BrN2OS2/c18-14-8-6-13(7-9-14)15-11-23-17(22)20(15)19-16(21)10-12-4-2-1-3-5-12/h1-9,11H,10H2,(H,19,21). The zero-order chi connectivity index (χ0) is 16.2. The molecule has 0 saturated heterocycles. The molecule has 0 bridgehead atoms. The van der Waals surface area contributed by atoms with Gasteiger partial charge in [-0.1, -0.05) is 58.4 Å². The normalized spacial score (nSPS) is 10.5. The third kappa shape index (κ3) is 3.96. The Bertz CT molecular complexity index is 870. The molecule has 0 aliphatic heterocycles. The molecular weight excluding hydrogens is 392 g/mol. The molecule has 3 rings (SSSR count). The topological polar surface area (TPSA) is 34.0 Å². The third-order valence-electron chi connectivity index (χ3n) is 3.28. The molecule has 0 spiro atoms. The summed E-state index contributed by atoms with van der Waals surface area (Å²) in [4.78, 5) is 12.3. The van der Waals surface area contributed by atoms with Crippen molar-refractivity contribution >= 4 is 45.4 Å². The molecule has 0 radical (unpaired) electrons. The Hall–Kier alpha value is -1.76. The second-order valence-corrected chi connectivity index (χ2v) is 7.35. The van der Waals surface area contributed by atoms with Crippen molar-refractivity contribution in [3.05, 3.63) is 74.0 Å². The maximum absolute atomic E-state index is 12.3. The molecule has 3 nitrogen and oxygen atoms in total. The summed E-state index contributed by atoms with van der Waals surface area (Å²) in [5.41, 5.74) is 5.75. The Balaban J connectivity index is 1.83. The number of hydrogen-bond acceptors (Lipinski definition) is 3. The van der Waals surface area contributed by atoms with Crippen LogP contribution in [0.2, 0.25) is 0 Å². The number of carbonyl (C=O) groups excluding carboxylic acids is 1. The molecule has 1 N–H and O–H groups in total. The lowest BCUT2D eigenvalue weighted by Crippen LogP contribution is -2.25. The average Bonchev–Trinajstić information content (AvgIpc) is 2.90. The molecule has 0 saturated carbocycles.